The van der Waals surface area contributed by atoms with Crippen molar-refractivity contribution in [2.45, 2.75) is 20.4 Å². The van der Waals surface area contributed by atoms with E-state index in [1.54, 1.807) is 24.2 Å². The van der Waals surface area contributed by atoms with Crippen LogP contribution in [-0.4, -0.2) is 22.8 Å². The number of amides is 1. The maximum Gasteiger partial charge on any atom is 0.255 e. The second-order valence-corrected chi connectivity index (χ2v) is 4.36. The van der Waals surface area contributed by atoms with Crippen LogP contribution >= 0.6 is 0 Å². The number of carbonyl (C=O) groups excluding carboxylic acids is 1. The van der Waals surface area contributed by atoms with Crippen molar-refractivity contribution in [1.29, 1.82) is 0 Å². The molecular weight excluding hydrogens is 228 g/mol. The highest BCUT2D eigenvalue weighted by atomic mass is 16.3. The van der Waals surface area contributed by atoms with Gasteiger partial charge in [0.25, 0.3) is 5.91 Å². The maximum atomic E-state index is 12.1. The highest BCUT2D eigenvalue weighted by molar-refractivity contribution is 5.93. The zero-order chi connectivity index (χ0) is 13.1. The number of aryl methyl sites for hydroxylation is 2. The van der Waals surface area contributed by atoms with Gasteiger partial charge in [0.05, 0.1) is 12.1 Å². The second kappa shape index (κ2) is 5.04. The molecule has 0 fully saturated rings. The van der Waals surface area contributed by atoms with Gasteiger partial charge in [0.1, 0.15) is 11.5 Å². The minimum absolute atomic E-state index is 0.0587. The summed E-state index contributed by atoms with van der Waals surface area (Å²) in [6.07, 6.45) is 1.60. The molecule has 18 heavy (non-hydrogen) atoms. The summed E-state index contributed by atoms with van der Waals surface area (Å²) in [4.78, 5) is 17.8. The third kappa shape index (κ3) is 2.77. The van der Waals surface area contributed by atoms with Gasteiger partial charge in [-0.25, -0.2) is 0 Å². The van der Waals surface area contributed by atoms with Crippen molar-refractivity contribution in [1.82, 2.24) is 9.88 Å². The zero-order valence-electron chi connectivity index (χ0n) is 10.8. The van der Waals surface area contributed by atoms with Crippen LogP contribution in [0.2, 0.25) is 0 Å². The maximum absolute atomic E-state index is 12.1. The summed E-state index contributed by atoms with van der Waals surface area (Å²) in [5.41, 5.74) is 1.49. The van der Waals surface area contributed by atoms with Gasteiger partial charge in [0.2, 0.25) is 0 Å². The largest absolute Gasteiger partial charge is 0.464 e. The molecule has 0 saturated carbocycles. The van der Waals surface area contributed by atoms with Crippen molar-refractivity contribution in [3.63, 3.8) is 0 Å². The molecule has 2 aromatic rings. The van der Waals surface area contributed by atoms with Gasteiger partial charge < -0.3 is 9.32 Å². The molecule has 4 heteroatoms. The second-order valence-electron chi connectivity index (χ2n) is 4.36. The van der Waals surface area contributed by atoms with Crippen LogP contribution in [0.3, 0.4) is 0 Å². The Balaban J connectivity index is 2.07. The third-order valence-corrected chi connectivity index (χ3v) is 2.69. The van der Waals surface area contributed by atoms with Crippen LogP contribution in [-0.2, 0) is 6.54 Å². The molecule has 1 amide bonds. The molecule has 0 spiro atoms. The van der Waals surface area contributed by atoms with Crippen LogP contribution in [0.5, 0.6) is 0 Å². The molecule has 0 saturated heterocycles. The number of pyridine rings is 1. The standard InChI is InChI=1S/C14H16N2O2/c1-10-4-6-12(8-15-10)14(17)16(3)9-13-7-5-11(2)18-13/h4-8H,9H2,1-3H3. The first-order valence-corrected chi connectivity index (χ1v) is 5.79. The zero-order valence-corrected chi connectivity index (χ0v) is 10.8. The predicted octanol–water partition coefficient (Wildman–Crippen LogP) is 2.56. The van der Waals surface area contributed by atoms with E-state index in [9.17, 15) is 4.79 Å². The Labute approximate surface area is 106 Å². The van der Waals surface area contributed by atoms with Crippen molar-refractivity contribution >= 4 is 5.91 Å². The fraction of sp³-hybridized carbons (Fsp3) is 0.286. The Hall–Kier alpha value is -2.10. The summed E-state index contributed by atoms with van der Waals surface area (Å²) in [6.45, 7) is 4.24. The lowest BCUT2D eigenvalue weighted by Crippen LogP contribution is -2.26. The molecular formula is C14H16N2O2. The van der Waals surface area contributed by atoms with E-state index in [2.05, 4.69) is 4.98 Å². The molecule has 0 aliphatic heterocycles. The van der Waals surface area contributed by atoms with Crippen molar-refractivity contribution in [3.8, 4) is 0 Å². The van der Waals surface area contributed by atoms with E-state index >= 15 is 0 Å². The molecule has 0 aliphatic carbocycles. The van der Waals surface area contributed by atoms with Crippen molar-refractivity contribution in [2.75, 3.05) is 7.05 Å². The monoisotopic (exact) mass is 244 g/mol. The van der Waals surface area contributed by atoms with E-state index in [1.807, 2.05) is 32.0 Å². The van der Waals surface area contributed by atoms with E-state index in [-0.39, 0.29) is 5.91 Å². The van der Waals surface area contributed by atoms with E-state index in [0.717, 1.165) is 17.2 Å². The average molecular weight is 244 g/mol. The van der Waals surface area contributed by atoms with Gasteiger partial charge >= 0.3 is 0 Å². The highest BCUT2D eigenvalue weighted by Gasteiger charge is 2.13. The van der Waals surface area contributed by atoms with Crippen molar-refractivity contribution in [2.24, 2.45) is 0 Å². The van der Waals surface area contributed by atoms with Gasteiger partial charge in [-0.05, 0) is 38.1 Å². The molecule has 94 valence electrons. The summed E-state index contributed by atoms with van der Waals surface area (Å²) in [6, 6.07) is 7.39. The normalized spacial score (nSPS) is 10.4. The molecule has 0 aliphatic rings. The lowest BCUT2D eigenvalue weighted by molar-refractivity contribution is 0.0774. The highest BCUT2D eigenvalue weighted by Crippen LogP contribution is 2.11. The summed E-state index contributed by atoms with van der Waals surface area (Å²) < 4.78 is 5.45. The SMILES string of the molecule is Cc1ccc(C(=O)N(C)Cc2ccc(C)o2)cn1. The summed E-state index contributed by atoms with van der Waals surface area (Å²) in [5, 5.41) is 0. The lowest BCUT2D eigenvalue weighted by Gasteiger charge is -2.15. The smallest absolute Gasteiger partial charge is 0.255 e. The van der Waals surface area contributed by atoms with Gasteiger partial charge in [-0.2, -0.15) is 0 Å². The number of furan rings is 1. The van der Waals surface area contributed by atoms with Crippen LogP contribution in [0.4, 0.5) is 0 Å². The summed E-state index contributed by atoms with van der Waals surface area (Å²) in [7, 11) is 1.75. The number of aromatic nitrogens is 1. The van der Waals surface area contributed by atoms with E-state index in [0.29, 0.717) is 12.1 Å². The van der Waals surface area contributed by atoms with Crippen LogP contribution in [0, 0.1) is 13.8 Å². The molecule has 0 bridgehead atoms. The van der Waals surface area contributed by atoms with Crippen LogP contribution in [0.25, 0.3) is 0 Å². The van der Waals surface area contributed by atoms with E-state index < -0.39 is 0 Å². The van der Waals surface area contributed by atoms with Crippen LogP contribution in [0.15, 0.2) is 34.9 Å². The minimum atomic E-state index is -0.0587. The predicted molar refractivity (Wildman–Crippen MR) is 68.2 cm³/mol. The van der Waals surface area contributed by atoms with Crippen molar-refractivity contribution < 1.29 is 9.21 Å². The summed E-state index contributed by atoms with van der Waals surface area (Å²) in [5.74, 6) is 1.57. The number of hydrogen-bond donors (Lipinski definition) is 0. The topological polar surface area (TPSA) is 46.3 Å². The Kier molecular flexibility index (Phi) is 3.46. The van der Waals surface area contributed by atoms with Gasteiger partial charge in [0.15, 0.2) is 0 Å². The van der Waals surface area contributed by atoms with E-state index in [1.165, 1.54) is 0 Å². The Morgan fingerprint density at radius 2 is 2.06 bits per heavy atom. The first kappa shape index (κ1) is 12.4. The quantitative estimate of drug-likeness (QED) is 0.833. The third-order valence-electron chi connectivity index (χ3n) is 2.69. The molecule has 4 nitrogen and oxygen atoms in total. The molecule has 2 heterocycles. The van der Waals surface area contributed by atoms with Gasteiger partial charge in [-0.1, -0.05) is 0 Å². The average Bonchev–Trinajstić information content (AvgIpc) is 2.75. The molecule has 0 unspecified atom stereocenters. The van der Waals surface area contributed by atoms with Gasteiger partial charge in [-0.15, -0.1) is 0 Å². The number of carbonyl (C=O) groups is 1. The van der Waals surface area contributed by atoms with Gasteiger partial charge in [0, 0.05) is 18.9 Å². The molecule has 0 N–H and O–H groups in total. The van der Waals surface area contributed by atoms with Crippen LogP contribution < -0.4 is 0 Å². The molecule has 2 aromatic heterocycles. The fourth-order valence-corrected chi connectivity index (χ4v) is 1.69. The molecule has 0 radical (unpaired) electrons. The fourth-order valence-electron chi connectivity index (χ4n) is 1.69. The van der Waals surface area contributed by atoms with Crippen LogP contribution in [0.1, 0.15) is 27.6 Å². The first-order valence-electron chi connectivity index (χ1n) is 5.79. The number of hydrogen-bond acceptors (Lipinski definition) is 3. The van der Waals surface area contributed by atoms with Gasteiger partial charge in [-0.3, -0.25) is 9.78 Å². The van der Waals surface area contributed by atoms with E-state index in [4.69, 9.17) is 4.42 Å². The molecule has 0 atom stereocenters. The number of nitrogens with zero attached hydrogens (tertiary/aromatic N) is 2. The summed E-state index contributed by atoms with van der Waals surface area (Å²) >= 11 is 0. The Morgan fingerprint density at radius 3 is 2.61 bits per heavy atom. The minimum Gasteiger partial charge on any atom is -0.464 e. The molecule has 0 aromatic carbocycles. The van der Waals surface area contributed by atoms with Crippen molar-refractivity contribution in [3.05, 3.63) is 53.2 Å². The number of rotatable bonds is 3. The Bertz CT molecular complexity index is 543. The lowest BCUT2D eigenvalue weighted by atomic mass is 10.2. The first-order chi connectivity index (χ1) is 8.56. The molecule has 2 rings (SSSR count). The Morgan fingerprint density at radius 1 is 1.28 bits per heavy atom.